The molecule has 0 bridgehead atoms. The smallest absolute Gasteiger partial charge is 0.248 e. The Kier molecular flexibility index (Phi) is 5.28. The Labute approximate surface area is 128 Å². The Balaban J connectivity index is 2.18. The number of hydrogen-bond acceptors (Lipinski definition) is 2. The molecular weight excluding hydrogens is 264 g/mol. The predicted molar refractivity (Wildman–Crippen MR) is 83.8 cm³/mol. The third-order valence-electron chi connectivity index (χ3n) is 5.03. The summed E-state index contributed by atoms with van der Waals surface area (Å²) < 4.78 is 0. The molecule has 2 amide bonds. The molecule has 0 radical (unpaired) electrons. The Morgan fingerprint density at radius 1 is 1.24 bits per heavy atom. The van der Waals surface area contributed by atoms with Gasteiger partial charge in [-0.15, -0.1) is 0 Å². The standard InChI is InChI=1S/C17H30N2O2/c1-4-6-8-14(7-5-2)19-12-11-15(20)18-17(3,16(19)21)13-9-10-13/h13-14H,4-12H2,1-3H3,(H,18,20). The lowest BCUT2D eigenvalue weighted by molar-refractivity contribution is -0.141. The van der Waals surface area contributed by atoms with E-state index in [0.29, 0.717) is 24.9 Å². The molecule has 2 unspecified atom stereocenters. The van der Waals surface area contributed by atoms with Crippen molar-refractivity contribution in [1.29, 1.82) is 0 Å². The lowest BCUT2D eigenvalue weighted by Crippen LogP contribution is -2.58. The molecule has 0 aromatic rings. The molecule has 4 nitrogen and oxygen atoms in total. The van der Waals surface area contributed by atoms with Gasteiger partial charge in [-0.25, -0.2) is 0 Å². The second kappa shape index (κ2) is 6.80. The number of carbonyl (C=O) groups is 2. The van der Waals surface area contributed by atoms with Crippen LogP contribution in [0, 0.1) is 5.92 Å². The zero-order chi connectivity index (χ0) is 15.5. The maximum atomic E-state index is 13.1. The second-order valence-electron chi connectivity index (χ2n) is 6.86. The number of nitrogens with one attached hydrogen (secondary N) is 1. The molecule has 1 heterocycles. The molecule has 1 aliphatic heterocycles. The van der Waals surface area contributed by atoms with Gasteiger partial charge in [-0.05, 0) is 38.5 Å². The van der Waals surface area contributed by atoms with Gasteiger partial charge in [0.2, 0.25) is 11.8 Å². The molecule has 1 aliphatic carbocycles. The van der Waals surface area contributed by atoms with Gasteiger partial charge in [0.1, 0.15) is 5.54 Å². The highest BCUT2D eigenvalue weighted by atomic mass is 16.2. The van der Waals surface area contributed by atoms with Crippen molar-refractivity contribution < 1.29 is 9.59 Å². The largest absolute Gasteiger partial charge is 0.342 e. The van der Waals surface area contributed by atoms with Gasteiger partial charge < -0.3 is 10.2 Å². The second-order valence-corrected chi connectivity index (χ2v) is 6.86. The molecule has 2 fully saturated rings. The first-order valence-electron chi connectivity index (χ1n) is 8.65. The van der Waals surface area contributed by atoms with E-state index in [9.17, 15) is 9.59 Å². The highest BCUT2D eigenvalue weighted by molar-refractivity contribution is 5.94. The molecule has 21 heavy (non-hydrogen) atoms. The van der Waals surface area contributed by atoms with Crippen molar-refractivity contribution in [3.63, 3.8) is 0 Å². The molecule has 0 spiro atoms. The highest BCUT2D eigenvalue weighted by Crippen LogP contribution is 2.41. The first kappa shape index (κ1) is 16.3. The molecule has 1 saturated heterocycles. The van der Waals surface area contributed by atoms with E-state index in [4.69, 9.17) is 0 Å². The van der Waals surface area contributed by atoms with Crippen LogP contribution < -0.4 is 5.32 Å². The van der Waals surface area contributed by atoms with E-state index in [0.717, 1.165) is 44.9 Å². The van der Waals surface area contributed by atoms with E-state index >= 15 is 0 Å². The average Bonchev–Trinajstić information content (AvgIpc) is 3.28. The van der Waals surface area contributed by atoms with Gasteiger partial charge in [0.25, 0.3) is 0 Å². The van der Waals surface area contributed by atoms with Crippen LogP contribution in [0.1, 0.15) is 72.1 Å². The molecule has 0 aromatic carbocycles. The molecule has 4 heteroatoms. The zero-order valence-electron chi connectivity index (χ0n) is 13.8. The monoisotopic (exact) mass is 294 g/mol. The third-order valence-corrected chi connectivity index (χ3v) is 5.03. The van der Waals surface area contributed by atoms with E-state index < -0.39 is 5.54 Å². The van der Waals surface area contributed by atoms with Crippen molar-refractivity contribution in [2.45, 2.75) is 83.7 Å². The minimum atomic E-state index is -0.661. The summed E-state index contributed by atoms with van der Waals surface area (Å²) in [5.74, 6) is 0.527. The molecule has 1 saturated carbocycles. The van der Waals surface area contributed by atoms with Crippen molar-refractivity contribution in [3.05, 3.63) is 0 Å². The third kappa shape index (κ3) is 3.58. The molecule has 2 atom stereocenters. The summed E-state index contributed by atoms with van der Waals surface area (Å²) in [7, 11) is 0. The fraction of sp³-hybridized carbons (Fsp3) is 0.882. The van der Waals surface area contributed by atoms with Crippen molar-refractivity contribution in [2.75, 3.05) is 6.54 Å². The summed E-state index contributed by atoms with van der Waals surface area (Å²) in [5, 5.41) is 3.02. The molecule has 1 N–H and O–H groups in total. The van der Waals surface area contributed by atoms with E-state index in [1.54, 1.807) is 0 Å². The van der Waals surface area contributed by atoms with Crippen molar-refractivity contribution in [2.24, 2.45) is 5.92 Å². The van der Waals surface area contributed by atoms with Gasteiger partial charge in [0, 0.05) is 19.0 Å². The van der Waals surface area contributed by atoms with E-state index in [-0.39, 0.29) is 11.8 Å². The fourth-order valence-corrected chi connectivity index (χ4v) is 3.54. The zero-order valence-corrected chi connectivity index (χ0v) is 13.8. The lowest BCUT2D eigenvalue weighted by atomic mass is 9.92. The lowest BCUT2D eigenvalue weighted by Gasteiger charge is -2.37. The Morgan fingerprint density at radius 3 is 2.52 bits per heavy atom. The molecule has 0 aromatic heterocycles. The van der Waals surface area contributed by atoms with Crippen molar-refractivity contribution in [3.8, 4) is 0 Å². The maximum Gasteiger partial charge on any atom is 0.248 e. The van der Waals surface area contributed by atoms with Crippen LogP contribution in [0.5, 0.6) is 0 Å². The summed E-state index contributed by atoms with van der Waals surface area (Å²) in [4.78, 5) is 27.1. The summed E-state index contributed by atoms with van der Waals surface area (Å²) >= 11 is 0. The fourth-order valence-electron chi connectivity index (χ4n) is 3.54. The molecule has 2 rings (SSSR count). The number of unbranched alkanes of at least 4 members (excludes halogenated alkanes) is 1. The SMILES string of the molecule is CCCCC(CCC)N1CCC(=O)NC(C)(C2CC2)C1=O. The Hall–Kier alpha value is -1.06. The quantitative estimate of drug-likeness (QED) is 0.785. The highest BCUT2D eigenvalue weighted by Gasteiger charge is 2.51. The van der Waals surface area contributed by atoms with Crippen LogP contribution >= 0.6 is 0 Å². The van der Waals surface area contributed by atoms with Crippen LogP contribution in [0.4, 0.5) is 0 Å². The van der Waals surface area contributed by atoms with Crippen LogP contribution in [-0.2, 0) is 9.59 Å². The van der Waals surface area contributed by atoms with Gasteiger partial charge in [0.15, 0.2) is 0 Å². The van der Waals surface area contributed by atoms with E-state index in [1.807, 2.05) is 11.8 Å². The van der Waals surface area contributed by atoms with Crippen LogP contribution in [0.2, 0.25) is 0 Å². The summed E-state index contributed by atoms with van der Waals surface area (Å²) in [6.45, 7) is 6.88. The van der Waals surface area contributed by atoms with Crippen molar-refractivity contribution >= 4 is 11.8 Å². The minimum absolute atomic E-state index is 0.0333. The van der Waals surface area contributed by atoms with E-state index in [1.165, 1.54) is 0 Å². The Morgan fingerprint density at radius 2 is 1.95 bits per heavy atom. The predicted octanol–water partition coefficient (Wildman–Crippen LogP) is 2.86. The van der Waals surface area contributed by atoms with Crippen LogP contribution in [-0.4, -0.2) is 34.8 Å². The van der Waals surface area contributed by atoms with Gasteiger partial charge in [0.05, 0.1) is 0 Å². The average molecular weight is 294 g/mol. The topological polar surface area (TPSA) is 49.4 Å². The molecule has 120 valence electrons. The van der Waals surface area contributed by atoms with Gasteiger partial charge in [-0.3, -0.25) is 9.59 Å². The summed E-state index contributed by atoms with van der Waals surface area (Å²) in [6, 6.07) is 0.299. The minimum Gasteiger partial charge on any atom is -0.342 e. The van der Waals surface area contributed by atoms with Crippen molar-refractivity contribution in [1.82, 2.24) is 10.2 Å². The Bertz CT molecular complexity index is 392. The number of carbonyl (C=O) groups excluding carboxylic acids is 2. The van der Waals surface area contributed by atoms with Crippen LogP contribution in [0.15, 0.2) is 0 Å². The number of rotatable bonds is 7. The van der Waals surface area contributed by atoms with Crippen LogP contribution in [0.25, 0.3) is 0 Å². The number of nitrogens with zero attached hydrogens (tertiary/aromatic N) is 1. The number of amides is 2. The normalized spacial score (nSPS) is 28.2. The van der Waals surface area contributed by atoms with Gasteiger partial charge in [-0.2, -0.15) is 0 Å². The number of hydrogen-bond donors (Lipinski definition) is 1. The first-order valence-corrected chi connectivity index (χ1v) is 8.65. The van der Waals surface area contributed by atoms with E-state index in [2.05, 4.69) is 19.2 Å². The summed E-state index contributed by atoms with van der Waals surface area (Å²) in [5.41, 5.74) is -0.661. The maximum absolute atomic E-state index is 13.1. The summed E-state index contributed by atoms with van der Waals surface area (Å²) in [6.07, 6.45) is 8.05. The molecular formula is C17H30N2O2. The van der Waals surface area contributed by atoms with Crippen LogP contribution in [0.3, 0.4) is 0 Å². The van der Waals surface area contributed by atoms with Gasteiger partial charge in [-0.1, -0.05) is 33.1 Å². The molecule has 2 aliphatic rings. The van der Waals surface area contributed by atoms with Gasteiger partial charge >= 0.3 is 0 Å². The first-order chi connectivity index (χ1) is 10.0.